The van der Waals surface area contributed by atoms with Crippen LogP contribution in [0.4, 0.5) is 0 Å². The third-order valence-corrected chi connectivity index (χ3v) is 3.56. The van der Waals surface area contributed by atoms with Crippen molar-refractivity contribution in [2.75, 3.05) is 6.61 Å². The fourth-order valence-electron chi connectivity index (χ4n) is 2.48. The minimum Gasteiger partial charge on any atom is -0.494 e. The van der Waals surface area contributed by atoms with E-state index in [-0.39, 0.29) is 17.5 Å². The average Bonchev–Trinajstić information content (AvgIpc) is 2.99. The summed E-state index contributed by atoms with van der Waals surface area (Å²) in [5.74, 6) is 0.502. The first-order valence-electron chi connectivity index (χ1n) is 7.38. The minimum atomic E-state index is -0.279. The summed E-state index contributed by atoms with van der Waals surface area (Å²) in [5, 5.41) is 12.1. The van der Waals surface area contributed by atoms with Crippen molar-refractivity contribution in [3.05, 3.63) is 35.4 Å². The maximum absolute atomic E-state index is 12.1. The van der Waals surface area contributed by atoms with E-state index in [9.17, 15) is 4.79 Å². The molecule has 0 radical (unpaired) electrons. The Labute approximate surface area is 125 Å². The van der Waals surface area contributed by atoms with Crippen molar-refractivity contribution in [2.24, 2.45) is 0 Å². The molecule has 0 unspecified atom stereocenters. The minimum absolute atomic E-state index is 0.144. The van der Waals surface area contributed by atoms with Crippen molar-refractivity contribution in [2.45, 2.75) is 38.6 Å². The highest BCUT2D eigenvalue weighted by Gasteiger charge is 2.19. The number of hydrogen-bond donors (Lipinski definition) is 1. The van der Waals surface area contributed by atoms with Gasteiger partial charge in [0.2, 0.25) is 0 Å². The lowest BCUT2D eigenvalue weighted by Gasteiger charge is -2.11. The molecule has 0 aliphatic heterocycles. The lowest BCUT2D eigenvalue weighted by Crippen LogP contribution is -2.33. The molecule has 110 valence electrons. The number of ether oxygens (including phenoxy) is 1. The molecule has 1 aliphatic rings. The van der Waals surface area contributed by atoms with Gasteiger partial charge in [-0.25, -0.2) is 0 Å². The van der Waals surface area contributed by atoms with Gasteiger partial charge >= 0.3 is 0 Å². The summed E-state index contributed by atoms with van der Waals surface area (Å²) in [6, 6.07) is 9.54. The number of benzene rings is 1. The molecule has 4 nitrogen and oxygen atoms in total. The van der Waals surface area contributed by atoms with Gasteiger partial charge in [0.1, 0.15) is 17.4 Å². The molecule has 1 aliphatic carbocycles. The molecule has 0 aromatic heterocycles. The summed E-state index contributed by atoms with van der Waals surface area (Å²) >= 11 is 0. The molecule has 1 saturated carbocycles. The molecule has 1 amide bonds. The lowest BCUT2D eigenvalue weighted by atomic mass is 10.1. The summed E-state index contributed by atoms with van der Waals surface area (Å²) < 4.78 is 5.36. The van der Waals surface area contributed by atoms with Gasteiger partial charge in [-0.05, 0) is 43.5 Å². The van der Waals surface area contributed by atoms with Crippen LogP contribution in [0.2, 0.25) is 0 Å². The molecule has 0 spiro atoms. The maximum Gasteiger partial charge on any atom is 0.262 e. The van der Waals surface area contributed by atoms with Gasteiger partial charge in [0.25, 0.3) is 5.91 Å². The molecular weight excluding hydrogens is 264 g/mol. The maximum atomic E-state index is 12.1. The fraction of sp³-hybridized carbons (Fsp3) is 0.412. The van der Waals surface area contributed by atoms with Gasteiger partial charge in [-0.15, -0.1) is 0 Å². The van der Waals surface area contributed by atoms with E-state index in [1.165, 1.54) is 0 Å². The van der Waals surface area contributed by atoms with E-state index in [1.54, 1.807) is 6.08 Å². The zero-order valence-electron chi connectivity index (χ0n) is 12.3. The van der Waals surface area contributed by atoms with E-state index in [4.69, 9.17) is 10.00 Å². The zero-order valence-corrected chi connectivity index (χ0v) is 12.3. The van der Waals surface area contributed by atoms with Crippen LogP contribution in [0.1, 0.15) is 38.2 Å². The SMILES string of the molecule is CCOc1ccc(/C=C(\C#N)C(=O)NC2CCCC2)cc1. The first-order chi connectivity index (χ1) is 10.2. The van der Waals surface area contributed by atoms with E-state index < -0.39 is 0 Å². The molecule has 0 atom stereocenters. The number of nitrogens with zero attached hydrogens (tertiary/aromatic N) is 1. The average molecular weight is 284 g/mol. The molecule has 0 saturated heterocycles. The second-order valence-corrected chi connectivity index (χ2v) is 5.13. The Morgan fingerprint density at radius 2 is 2.05 bits per heavy atom. The van der Waals surface area contributed by atoms with Gasteiger partial charge in [-0.2, -0.15) is 5.26 Å². The van der Waals surface area contributed by atoms with Crippen LogP contribution in [-0.2, 0) is 4.79 Å². The fourth-order valence-corrected chi connectivity index (χ4v) is 2.48. The number of nitrogens with one attached hydrogen (secondary N) is 1. The van der Waals surface area contributed by atoms with Gasteiger partial charge in [0, 0.05) is 6.04 Å². The molecule has 4 heteroatoms. The van der Waals surface area contributed by atoms with Gasteiger partial charge in [-0.3, -0.25) is 4.79 Å². The Hall–Kier alpha value is -2.28. The topological polar surface area (TPSA) is 62.1 Å². The van der Waals surface area contributed by atoms with E-state index >= 15 is 0 Å². The van der Waals surface area contributed by atoms with Crippen molar-refractivity contribution in [3.63, 3.8) is 0 Å². The number of carbonyl (C=O) groups excluding carboxylic acids is 1. The summed E-state index contributed by atoms with van der Waals surface area (Å²) in [6.07, 6.45) is 5.92. The Kier molecular flexibility index (Phi) is 5.39. The van der Waals surface area contributed by atoms with Crippen LogP contribution in [0.25, 0.3) is 6.08 Å². The third-order valence-electron chi connectivity index (χ3n) is 3.56. The quantitative estimate of drug-likeness (QED) is 0.667. The van der Waals surface area contributed by atoms with Crippen LogP contribution in [0.5, 0.6) is 5.75 Å². The highest BCUT2D eigenvalue weighted by molar-refractivity contribution is 6.01. The molecule has 1 fully saturated rings. The van der Waals surface area contributed by atoms with Crippen LogP contribution in [0.15, 0.2) is 29.8 Å². The first-order valence-corrected chi connectivity index (χ1v) is 7.38. The summed E-state index contributed by atoms with van der Waals surface area (Å²) in [6.45, 7) is 2.54. The monoisotopic (exact) mass is 284 g/mol. The van der Waals surface area contributed by atoms with Crippen molar-refractivity contribution in [1.82, 2.24) is 5.32 Å². The van der Waals surface area contributed by atoms with Crippen LogP contribution >= 0.6 is 0 Å². The van der Waals surface area contributed by atoms with E-state index in [0.717, 1.165) is 37.0 Å². The predicted octanol–water partition coefficient (Wildman–Crippen LogP) is 3.05. The van der Waals surface area contributed by atoms with Crippen LogP contribution in [0.3, 0.4) is 0 Å². The van der Waals surface area contributed by atoms with Crippen molar-refractivity contribution >= 4 is 12.0 Å². The van der Waals surface area contributed by atoms with Gasteiger partial charge in [0.15, 0.2) is 0 Å². The van der Waals surface area contributed by atoms with Gasteiger partial charge in [-0.1, -0.05) is 25.0 Å². The number of rotatable bonds is 5. The van der Waals surface area contributed by atoms with Crippen molar-refractivity contribution in [3.8, 4) is 11.8 Å². The molecule has 0 heterocycles. The molecule has 0 bridgehead atoms. The number of hydrogen-bond acceptors (Lipinski definition) is 3. The van der Waals surface area contributed by atoms with Gasteiger partial charge < -0.3 is 10.1 Å². The smallest absolute Gasteiger partial charge is 0.262 e. The first kappa shape index (κ1) is 15.1. The van der Waals surface area contributed by atoms with E-state index in [0.29, 0.717) is 6.61 Å². The molecular formula is C17H20N2O2. The van der Waals surface area contributed by atoms with Crippen molar-refractivity contribution < 1.29 is 9.53 Å². The summed E-state index contributed by atoms with van der Waals surface area (Å²) in [7, 11) is 0. The molecule has 1 aromatic rings. The Balaban J connectivity index is 2.04. The standard InChI is InChI=1S/C17H20N2O2/c1-2-21-16-9-7-13(8-10-16)11-14(12-18)17(20)19-15-5-3-4-6-15/h7-11,15H,2-6H2,1H3,(H,19,20)/b14-11+. The van der Waals surface area contributed by atoms with Crippen LogP contribution in [0, 0.1) is 11.3 Å². The second kappa shape index (κ2) is 7.49. The normalized spacial score (nSPS) is 15.5. The predicted molar refractivity (Wildman–Crippen MR) is 81.6 cm³/mol. The largest absolute Gasteiger partial charge is 0.494 e. The molecule has 1 N–H and O–H groups in total. The Bertz CT molecular complexity index is 549. The highest BCUT2D eigenvalue weighted by atomic mass is 16.5. The molecule has 1 aromatic carbocycles. The Morgan fingerprint density at radius 1 is 1.38 bits per heavy atom. The van der Waals surface area contributed by atoms with Gasteiger partial charge in [0.05, 0.1) is 6.61 Å². The molecule has 2 rings (SSSR count). The Morgan fingerprint density at radius 3 is 2.62 bits per heavy atom. The number of amides is 1. The molecule has 21 heavy (non-hydrogen) atoms. The summed E-state index contributed by atoms with van der Waals surface area (Å²) in [4.78, 5) is 12.1. The highest BCUT2D eigenvalue weighted by Crippen LogP contribution is 2.19. The number of carbonyl (C=O) groups is 1. The van der Waals surface area contributed by atoms with Crippen molar-refractivity contribution in [1.29, 1.82) is 5.26 Å². The zero-order chi connectivity index (χ0) is 15.1. The van der Waals surface area contributed by atoms with Crippen LogP contribution < -0.4 is 10.1 Å². The van der Waals surface area contributed by atoms with E-state index in [2.05, 4.69) is 5.32 Å². The summed E-state index contributed by atoms with van der Waals surface area (Å²) in [5.41, 5.74) is 0.961. The van der Waals surface area contributed by atoms with E-state index in [1.807, 2.05) is 37.3 Å². The van der Waals surface area contributed by atoms with Crippen LogP contribution in [-0.4, -0.2) is 18.6 Å². The lowest BCUT2D eigenvalue weighted by molar-refractivity contribution is -0.117. The number of nitriles is 1. The third kappa shape index (κ3) is 4.35. The second-order valence-electron chi connectivity index (χ2n) is 5.13.